The summed E-state index contributed by atoms with van der Waals surface area (Å²) in [7, 11) is 0. The molecule has 2 aromatic rings. The normalized spacial score (nSPS) is 23.9. The summed E-state index contributed by atoms with van der Waals surface area (Å²) in [5.74, 6) is 0. The van der Waals surface area contributed by atoms with Gasteiger partial charge in [0.1, 0.15) is 0 Å². The SMILES string of the molecule is NC1CCC(NCc2sc3ccccc3c2Cl)CC1. The Kier molecular flexibility index (Phi) is 4.08. The van der Waals surface area contributed by atoms with Crippen molar-refractivity contribution in [1.29, 1.82) is 0 Å². The van der Waals surface area contributed by atoms with Crippen LogP contribution < -0.4 is 11.1 Å². The van der Waals surface area contributed by atoms with Crippen molar-refractivity contribution in [3.63, 3.8) is 0 Å². The van der Waals surface area contributed by atoms with Crippen LogP contribution in [-0.2, 0) is 6.54 Å². The van der Waals surface area contributed by atoms with E-state index in [9.17, 15) is 0 Å². The highest BCUT2D eigenvalue weighted by Gasteiger charge is 2.18. The molecular formula is C15H19ClN2S. The second kappa shape index (κ2) is 5.80. The zero-order valence-corrected chi connectivity index (χ0v) is 12.4. The van der Waals surface area contributed by atoms with Gasteiger partial charge in [0.15, 0.2) is 0 Å². The van der Waals surface area contributed by atoms with Gasteiger partial charge in [-0.05, 0) is 31.7 Å². The Bertz CT molecular complexity index is 558. The summed E-state index contributed by atoms with van der Waals surface area (Å²) in [4.78, 5) is 1.25. The summed E-state index contributed by atoms with van der Waals surface area (Å²) >= 11 is 8.24. The van der Waals surface area contributed by atoms with Crippen molar-refractivity contribution < 1.29 is 0 Å². The van der Waals surface area contributed by atoms with Crippen LogP contribution in [0.2, 0.25) is 5.02 Å². The van der Waals surface area contributed by atoms with Gasteiger partial charge in [-0.1, -0.05) is 29.8 Å². The maximum absolute atomic E-state index is 6.45. The lowest BCUT2D eigenvalue weighted by Gasteiger charge is -2.26. The van der Waals surface area contributed by atoms with Crippen molar-refractivity contribution in [1.82, 2.24) is 5.32 Å². The summed E-state index contributed by atoms with van der Waals surface area (Å²) in [6.07, 6.45) is 4.64. The molecule has 1 aromatic heterocycles. The lowest BCUT2D eigenvalue weighted by molar-refractivity contribution is 0.342. The standard InChI is InChI=1S/C15H19ClN2S/c16-15-12-3-1-2-4-13(12)19-14(15)9-18-11-7-5-10(17)6-8-11/h1-4,10-11,18H,5-9,17H2. The van der Waals surface area contributed by atoms with Gasteiger partial charge in [0, 0.05) is 33.6 Å². The first kappa shape index (κ1) is 13.4. The summed E-state index contributed by atoms with van der Waals surface area (Å²) in [6.45, 7) is 0.873. The van der Waals surface area contributed by atoms with Gasteiger partial charge in [0.05, 0.1) is 5.02 Å². The molecule has 0 bridgehead atoms. The van der Waals surface area contributed by atoms with Gasteiger partial charge in [-0.15, -0.1) is 11.3 Å². The maximum atomic E-state index is 6.45. The van der Waals surface area contributed by atoms with Crippen LogP contribution in [0.15, 0.2) is 24.3 Å². The van der Waals surface area contributed by atoms with Crippen molar-refractivity contribution >= 4 is 33.0 Å². The molecule has 1 heterocycles. The molecule has 1 fully saturated rings. The van der Waals surface area contributed by atoms with E-state index >= 15 is 0 Å². The van der Waals surface area contributed by atoms with E-state index < -0.39 is 0 Å². The Labute approximate surface area is 122 Å². The van der Waals surface area contributed by atoms with Gasteiger partial charge in [-0.3, -0.25) is 0 Å². The van der Waals surface area contributed by atoms with Crippen molar-refractivity contribution in [3.05, 3.63) is 34.2 Å². The Hall–Kier alpha value is -0.610. The molecule has 1 saturated carbocycles. The van der Waals surface area contributed by atoms with Crippen LogP contribution in [-0.4, -0.2) is 12.1 Å². The van der Waals surface area contributed by atoms with Gasteiger partial charge in [-0.2, -0.15) is 0 Å². The van der Waals surface area contributed by atoms with Crippen LogP contribution in [0.3, 0.4) is 0 Å². The molecule has 4 heteroatoms. The summed E-state index contributed by atoms with van der Waals surface area (Å²) < 4.78 is 1.27. The van der Waals surface area contributed by atoms with Gasteiger partial charge < -0.3 is 11.1 Å². The molecule has 1 aromatic carbocycles. The lowest BCUT2D eigenvalue weighted by atomic mass is 9.92. The number of nitrogens with one attached hydrogen (secondary N) is 1. The third-order valence-electron chi connectivity index (χ3n) is 3.92. The van der Waals surface area contributed by atoms with E-state index in [1.807, 2.05) is 6.07 Å². The predicted molar refractivity (Wildman–Crippen MR) is 83.9 cm³/mol. The molecule has 0 unspecified atom stereocenters. The highest BCUT2D eigenvalue weighted by Crippen LogP contribution is 2.35. The third kappa shape index (κ3) is 2.95. The molecule has 0 aliphatic heterocycles. The molecule has 2 nitrogen and oxygen atoms in total. The zero-order valence-electron chi connectivity index (χ0n) is 10.9. The Morgan fingerprint density at radius 2 is 1.95 bits per heavy atom. The lowest BCUT2D eigenvalue weighted by Crippen LogP contribution is -2.36. The molecule has 1 aliphatic carbocycles. The van der Waals surface area contributed by atoms with Crippen LogP contribution in [0, 0.1) is 0 Å². The average Bonchev–Trinajstić information content (AvgIpc) is 2.76. The first-order valence-electron chi connectivity index (χ1n) is 6.89. The van der Waals surface area contributed by atoms with Gasteiger partial charge >= 0.3 is 0 Å². The van der Waals surface area contributed by atoms with Crippen molar-refractivity contribution in [2.75, 3.05) is 0 Å². The molecule has 102 valence electrons. The van der Waals surface area contributed by atoms with Crippen LogP contribution >= 0.6 is 22.9 Å². The fourth-order valence-electron chi connectivity index (χ4n) is 2.74. The molecule has 0 amide bonds. The largest absolute Gasteiger partial charge is 0.328 e. The first-order valence-corrected chi connectivity index (χ1v) is 8.08. The van der Waals surface area contributed by atoms with Gasteiger partial charge in [0.25, 0.3) is 0 Å². The molecule has 3 N–H and O–H groups in total. The third-order valence-corrected chi connectivity index (χ3v) is 5.64. The van der Waals surface area contributed by atoms with E-state index in [0.717, 1.165) is 24.4 Å². The Morgan fingerprint density at radius 1 is 1.21 bits per heavy atom. The van der Waals surface area contributed by atoms with Crippen LogP contribution in [0.25, 0.3) is 10.1 Å². The highest BCUT2D eigenvalue weighted by atomic mass is 35.5. The highest BCUT2D eigenvalue weighted by molar-refractivity contribution is 7.19. The molecule has 0 spiro atoms. The number of nitrogens with two attached hydrogens (primary N) is 1. The number of hydrogen-bond acceptors (Lipinski definition) is 3. The Balaban J connectivity index is 1.67. The van der Waals surface area contributed by atoms with Crippen LogP contribution in [0.4, 0.5) is 0 Å². The second-order valence-electron chi connectivity index (χ2n) is 5.33. The molecule has 1 aliphatic rings. The number of thiophene rings is 1. The minimum absolute atomic E-state index is 0.408. The monoisotopic (exact) mass is 294 g/mol. The Morgan fingerprint density at radius 3 is 2.68 bits per heavy atom. The fourth-order valence-corrected chi connectivity index (χ4v) is 4.19. The van der Waals surface area contributed by atoms with E-state index in [1.165, 1.54) is 27.8 Å². The number of fused-ring (bicyclic) bond motifs is 1. The molecular weight excluding hydrogens is 276 g/mol. The first-order chi connectivity index (χ1) is 9.24. The van der Waals surface area contributed by atoms with E-state index in [4.69, 9.17) is 17.3 Å². The van der Waals surface area contributed by atoms with Gasteiger partial charge in [0.2, 0.25) is 0 Å². The summed E-state index contributed by atoms with van der Waals surface area (Å²) in [6, 6.07) is 9.34. The van der Waals surface area contributed by atoms with Crippen molar-refractivity contribution in [2.45, 2.75) is 44.3 Å². The van der Waals surface area contributed by atoms with Gasteiger partial charge in [-0.25, -0.2) is 0 Å². The minimum atomic E-state index is 0.408. The van der Waals surface area contributed by atoms with Crippen LogP contribution in [0.5, 0.6) is 0 Å². The molecule has 0 saturated heterocycles. The average molecular weight is 295 g/mol. The molecule has 0 radical (unpaired) electrons. The van der Waals surface area contributed by atoms with Crippen LogP contribution in [0.1, 0.15) is 30.6 Å². The zero-order chi connectivity index (χ0) is 13.2. The van der Waals surface area contributed by atoms with E-state index in [1.54, 1.807) is 11.3 Å². The maximum Gasteiger partial charge on any atom is 0.0636 e. The van der Waals surface area contributed by atoms with Crippen molar-refractivity contribution in [2.24, 2.45) is 5.73 Å². The topological polar surface area (TPSA) is 38.0 Å². The number of benzene rings is 1. The van der Waals surface area contributed by atoms with E-state index in [2.05, 4.69) is 23.5 Å². The predicted octanol–water partition coefficient (Wildman–Crippen LogP) is 3.91. The second-order valence-corrected chi connectivity index (χ2v) is 6.84. The van der Waals surface area contributed by atoms with E-state index in [0.29, 0.717) is 12.1 Å². The van der Waals surface area contributed by atoms with E-state index in [-0.39, 0.29) is 0 Å². The van der Waals surface area contributed by atoms with Crippen molar-refractivity contribution in [3.8, 4) is 0 Å². The number of hydrogen-bond donors (Lipinski definition) is 2. The number of halogens is 1. The summed E-state index contributed by atoms with van der Waals surface area (Å²) in [5, 5.41) is 5.73. The fraction of sp³-hybridized carbons (Fsp3) is 0.467. The minimum Gasteiger partial charge on any atom is -0.328 e. The number of rotatable bonds is 3. The molecule has 3 rings (SSSR count). The molecule has 0 atom stereocenters. The molecule has 19 heavy (non-hydrogen) atoms. The smallest absolute Gasteiger partial charge is 0.0636 e. The summed E-state index contributed by atoms with van der Waals surface area (Å²) in [5.41, 5.74) is 5.93. The quantitative estimate of drug-likeness (QED) is 0.900.